The molecule has 0 aliphatic heterocycles. The van der Waals surface area contributed by atoms with Gasteiger partial charge >= 0.3 is 6.18 Å². The van der Waals surface area contributed by atoms with Gasteiger partial charge < -0.3 is 10.4 Å². The predicted molar refractivity (Wildman–Crippen MR) is 69.2 cm³/mol. The quantitative estimate of drug-likeness (QED) is 0.767. The van der Waals surface area contributed by atoms with E-state index in [0.717, 1.165) is 11.1 Å². The first-order valence-electron chi connectivity index (χ1n) is 6.39. The molecule has 0 fully saturated rings. The maximum Gasteiger partial charge on any atom is 0.389 e. The van der Waals surface area contributed by atoms with Crippen LogP contribution < -0.4 is 5.32 Å². The minimum atomic E-state index is -4.07. The first kappa shape index (κ1) is 15.8. The molecule has 0 spiro atoms. The maximum absolute atomic E-state index is 11.9. The lowest BCUT2D eigenvalue weighted by atomic mass is 10.0. The summed E-state index contributed by atoms with van der Waals surface area (Å²) in [6, 6.07) is 5.33. The Balaban J connectivity index is 2.33. The highest BCUT2D eigenvalue weighted by Crippen LogP contribution is 2.25. The molecule has 0 aliphatic carbocycles. The number of hydrogen-bond acceptors (Lipinski definition) is 2. The summed E-state index contributed by atoms with van der Waals surface area (Å²) >= 11 is 0. The molecule has 0 saturated heterocycles. The number of alkyl halides is 3. The molecule has 0 heterocycles. The fourth-order valence-electron chi connectivity index (χ4n) is 1.90. The number of nitrogens with one attached hydrogen (secondary N) is 1. The van der Waals surface area contributed by atoms with Crippen LogP contribution in [0, 0.1) is 6.92 Å². The van der Waals surface area contributed by atoms with Crippen molar-refractivity contribution in [3.63, 3.8) is 0 Å². The van der Waals surface area contributed by atoms with Crippen molar-refractivity contribution in [3.8, 4) is 5.75 Å². The van der Waals surface area contributed by atoms with Gasteiger partial charge in [0.25, 0.3) is 0 Å². The number of benzene rings is 1. The second-order valence-corrected chi connectivity index (χ2v) is 4.81. The van der Waals surface area contributed by atoms with Crippen LogP contribution in [0.5, 0.6) is 5.75 Å². The molecule has 1 atom stereocenters. The monoisotopic (exact) mass is 275 g/mol. The number of phenolic OH excluding ortho intramolecular Hbond substituents is 1. The third-order valence-corrected chi connectivity index (χ3v) is 2.99. The van der Waals surface area contributed by atoms with E-state index in [-0.39, 0.29) is 18.2 Å². The largest absolute Gasteiger partial charge is 0.508 e. The highest BCUT2D eigenvalue weighted by atomic mass is 19.4. The van der Waals surface area contributed by atoms with Crippen molar-refractivity contribution in [3.05, 3.63) is 29.3 Å². The first-order chi connectivity index (χ1) is 8.79. The van der Waals surface area contributed by atoms with Crippen molar-refractivity contribution in [2.75, 3.05) is 6.54 Å². The van der Waals surface area contributed by atoms with Gasteiger partial charge in [-0.05, 0) is 44.9 Å². The van der Waals surface area contributed by atoms with Crippen LogP contribution in [0.2, 0.25) is 0 Å². The topological polar surface area (TPSA) is 32.3 Å². The lowest BCUT2D eigenvalue weighted by Gasteiger charge is -2.16. The molecule has 0 saturated carbocycles. The van der Waals surface area contributed by atoms with E-state index in [9.17, 15) is 18.3 Å². The fourth-order valence-corrected chi connectivity index (χ4v) is 1.90. The molecule has 2 N–H and O–H groups in total. The van der Waals surface area contributed by atoms with Crippen LogP contribution in [0.15, 0.2) is 18.2 Å². The molecule has 0 aliphatic rings. The average Bonchev–Trinajstić information content (AvgIpc) is 2.26. The van der Waals surface area contributed by atoms with Crippen LogP contribution in [0.1, 0.15) is 43.4 Å². The highest BCUT2D eigenvalue weighted by molar-refractivity contribution is 5.37. The molecule has 1 aromatic rings. The highest BCUT2D eigenvalue weighted by Gasteiger charge is 2.25. The van der Waals surface area contributed by atoms with Gasteiger partial charge in [-0.1, -0.05) is 12.1 Å². The van der Waals surface area contributed by atoms with E-state index in [0.29, 0.717) is 13.0 Å². The summed E-state index contributed by atoms with van der Waals surface area (Å²) in [5, 5.41) is 12.9. The molecule has 5 heteroatoms. The molecule has 1 aromatic carbocycles. The Kier molecular flexibility index (Phi) is 5.66. The van der Waals surface area contributed by atoms with Crippen molar-refractivity contribution >= 4 is 0 Å². The maximum atomic E-state index is 11.9. The fraction of sp³-hybridized carbons (Fsp3) is 0.571. The molecular formula is C14H20F3NO. The van der Waals surface area contributed by atoms with Crippen LogP contribution in [0.3, 0.4) is 0 Å². The molecule has 2 nitrogen and oxygen atoms in total. The minimum Gasteiger partial charge on any atom is -0.508 e. The van der Waals surface area contributed by atoms with E-state index in [1.165, 1.54) is 0 Å². The molecule has 0 bridgehead atoms. The third-order valence-electron chi connectivity index (χ3n) is 2.99. The summed E-state index contributed by atoms with van der Waals surface area (Å²) in [6.07, 6.45) is -4.21. The van der Waals surface area contributed by atoms with Crippen LogP contribution in [-0.2, 0) is 0 Å². The van der Waals surface area contributed by atoms with Crippen LogP contribution >= 0.6 is 0 Å². The van der Waals surface area contributed by atoms with Gasteiger partial charge in [0.15, 0.2) is 0 Å². The number of hydrogen-bond donors (Lipinski definition) is 2. The minimum absolute atomic E-state index is 0.0773. The Morgan fingerprint density at radius 1 is 1.26 bits per heavy atom. The van der Waals surface area contributed by atoms with Gasteiger partial charge in [-0.3, -0.25) is 0 Å². The number of aromatic hydroxyl groups is 1. The summed E-state index contributed by atoms with van der Waals surface area (Å²) in [7, 11) is 0. The zero-order valence-corrected chi connectivity index (χ0v) is 11.2. The number of halogens is 3. The van der Waals surface area contributed by atoms with E-state index in [1.54, 1.807) is 6.07 Å². The van der Waals surface area contributed by atoms with Crippen LogP contribution in [0.25, 0.3) is 0 Å². The van der Waals surface area contributed by atoms with Gasteiger partial charge in [0.2, 0.25) is 0 Å². The summed E-state index contributed by atoms with van der Waals surface area (Å²) < 4.78 is 35.8. The molecular weight excluding hydrogens is 255 g/mol. The van der Waals surface area contributed by atoms with E-state index >= 15 is 0 Å². The van der Waals surface area contributed by atoms with Gasteiger partial charge in [-0.25, -0.2) is 0 Å². The van der Waals surface area contributed by atoms with Crippen LogP contribution in [-0.4, -0.2) is 17.8 Å². The van der Waals surface area contributed by atoms with Crippen molar-refractivity contribution < 1.29 is 18.3 Å². The predicted octanol–water partition coefficient (Wildman–Crippen LogP) is 4.08. The molecule has 1 unspecified atom stereocenters. The normalized spacial score (nSPS) is 13.5. The first-order valence-corrected chi connectivity index (χ1v) is 6.39. The summed E-state index contributed by atoms with van der Waals surface area (Å²) in [6.45, 7) is 4.28. The Morgan fingerprint density at radius 3 is 2.53 bits per heavy atom. The van der Waals surface area contributed by atoms with Gasteiger partial charge in [0.05, 0.1) is 0 Å². The van der Waals surface area contributed by atoms with Gasteiger partial charge in [-0.15, -0.1) is 0 Å². The zero-order valence-electron chi connectivity index (χ0n) is 11.2. The van der Waals surface area contributed by atoms with Crippen molar-refractivity contribution in [2.45, 2.75) is 45.3 Å². The third kappa shape index (κ3) is 5.96. The van der Waals surface area contributed by atoms with E-state index < -0.39 is 12.6 Å². The Bertz CT molecular complexity index is 404. The van der Waals surface area contributed by atoms with Gasteiger partial charge in [-0.2, -0.15) is 13.2 Å². The van der Waals surface area contributed by atoms with Gasteiger partial charge in [0.1, 0.15) is 5.75 Å². The van der Waals surface area contributed by atoms with E-state index in [2.05, 4.69) is 5.32 Å². The standard InChI is InChI=1S/C14H20F3NO/c1-10-5-6-12(13(19)9-10)11(2)18-8-4-3-7-14(15,16)17/h5-6,9,11,18-19H,3-4,7-8H2,1-2H3. The number of rotatable bonds is 6. The second-order valence-electron chi connectivity index (χ2n) is 4.81. The van der Waals surface area contributed by atoms with Gasteiger partial charge in [0, 0.05) is 18.0 Å². The summed E-state index contributed by atoms with van der Waals surface area (Å²) in [5.41, 5.74) is 1.74. The van der Waals surface area contributed by atoms with Crippen molar-refractivity contribution in [2.24, 2.45) is 0 Å². The van der Waals surface area contributed by atoms with Crippen LogP contribution in [0.4, 0.5) is 13.2 Å². The molecule has 1 rings (SSSR count). The second kappa shape index (κ2) is 6.80. The average molecular weight is 275 g/mol. The number of aryl methyl sites for hydroxylation is 1. The molecule has 19 heavy (non-hydrogen) atoms. The SMILES string of the molecule is Cc1ccc(C(C)NCCCCC(F)(F)F)c(O)c1. The molecule has 0 amide bonds. The lowest BCUT2D eigenvalue weighted by Crippen LogP contribution is -2.20. The Morgan fingerprint density at radius 2 is 1.95 bits per heavy atom. The Hall–Kier alpha value is -1.23. The van der Waals surface area contributed by atoms with Crippen molar-refractivity contribution in [1.82, 2.24) is 5.32 Å². The zero-order chi connectivity index (χ0) is 14.5. The summed E-state index contributed by atoms with van der Waals surface area (Å²) in [4.78, 5) is 0. The smallest absolute Gasteiger partial charge is 0.389 e. The molecule has 0 aromatic heterocycles. The molecule has 0 radical (unpaired) electrons. The van der Waals surface area contributed by atoms with E-state index in [4.69, 9.17) is 0 Å². The Labute approximate surface area is 111 Å². The lowest BCUT2D eigenvalue weighted by molar-refractivity contribution is -0.135. The number of unbranched alkanes of at least 4 members (excludes halogenated alkanes) is 1. The summed E-state index contributed by atoms with van der Waals surface area (Å²) in [5.74, 6) is 0.218. The van der Waals surface area contributed by atoms with E-state index in [1.807, 2.05) is 26.0 Å². The molecule has 108 valence electrons. The van der Waals surface area contributed by atoms with Crippen molar-refractivity contribution in [1.29, 1.82) is 0 Å². The number of phenols is 1.